The number of carbonyl (C=O) groups is 2. The lowest BCUT2D eigenvalue weighted by Crippen LogP contribution is -2.14. The monoisotopic (exact) mass is 410 g/mol. The number of benzene rings is 2. The van der Waals surface area contributed by atoms with Gasteiger partial charge in [0.05, 0.1) is 11.2 Å². The number of aryl methyl sites for hydroxylation is 1. The first kappa shape index (κ1) is 19.1. The summed E-state index contributed by atoms with van der Waals surface area (Å²) in [6, 6.07) is 17.1. The van der Waals surface area contributed by atoms with Crippen LogP contribution in [-0.2, 0) is 4.79 Å². The smallest absolute Gasteiger partial charge is 0.255 e. The van der Waals surface area contributed by atoms with Gasteiger partial charge >= 0.3 is 0 Å². The van der Waals surface area contributed by atoms with Gasteiger partial charge in [-0.25, -0.2) is 4.98 Å². The number of aromatic amines is 1. The zero-order chi connectivity index (χ0) is 21.4. The number of H-pyrrole nitrogens is 1. The van der Waals surface area contributed by atoms with Crippen LogP contribution in [0.3, 0.4) is 0 Å². The Morgan fingerprint density at radius 1 is 1.03 bits per heavy atom. The van der Waals surface area contributed by atoms with Crippen LogP contribution in [0.4, 0.5) is 11.5 Å². The molecule has 1 aliphatic rings. The van der Waals surface area contributed by atoms with Gasteiger partial charge in [0.15, 0.2) is 0 Å². The average molecular weight is 410 g/mol. The molecule has 31 heavy (non-hydrogen) atoms. The number of nitrogens with zero attached hydrogens (tertiary/aromatic N) is 1. The van der Waals surface area contributed by atoms with Crippen LogP contribution in [0.25, 0.3) is 22.0 Å². The van der Waals surface area contributed by atoms with Crippen molar-refractivity contribution in [3.63, 3.8) is 0 Å². The number of nitrogens with one attached hydrogen (secondary N) is 3. The SMILES string of the molecule is Cc1ccc(C(=O)Nc2cccc3c(-c4ccnc(NC(=O)C5CC5)c4)c[nH]c23)cc1. The van der Waals surface area contributed by atoms with Crippen LogP contribution in [0.1, 0.15) is 28.8 Å². The van der Waals surface area contributed by atoms with Gasteiger partial charge in [0, 0.05) is 34.8 Å². The molecule has 6 nitrogen and oxygen atoms in total. The van der Waals surface area contributed by atoms with E-state index in [0.29, 0.717) is 17.1 Å². The molecule has 5 rings (SSSR count). The number of amides is 2. The largest absolute Gasteiger partial charge is 0.359 e. The molecule has 0 unspecified atom stereocenters. The van der Waals surface area contributed by atoms with Gasteiger partial charge in [-0.2, -0.15) is 0 Å². The number of para-hydroxylation sites is 1. The molecule has 3 N–H and O–H groups in total. The lowest BCUT2D eigenvalue weighted by Gasteiger charge is -2.08. The van der Waals surface area contributed by atoms with Crippen LogP contribution in [-0.4, -0.2) is 21.8 Å². The third-order valence-electron chi connectivity index (χ3n) is 5.55. The van der Waals surface area contributed by atoms with Crippen molar-refractivity contribution in [3.05, 3.63) is 78.1 Å². The molecule has 2 heterocycles. The van der Waals surface area contributed by atoms with Crippen LogP contribution in [0.2, 0.25) is 0 Å². The van der Waals surface area contributed by atoms with Gasteiger partial charge in [-0.1, -0.05) is 29.8 Å². The Kier molecular flexibility index (Phi) is 4.75. The van der Waals surface area contributed by atoms with Crippen molar-refractivity contribution < 1.29 is 9.59 Å². The van der Waals surface area contributed by atoms with E-state index in [1.165, 1.54) is 0 Å². The summed E-state index contributed by atoms with van der Waals surface area (Å²) in [6.07, 6.45) is 5.50. The second-order valence-electron chi connectivity index (χ2n) is 7.94. The molecule has 1 fully saturated rings. The summed E-state index contributed by atoms with van der Waals surface area (Å²) in [5.74, 6) is 0.549. The first-order valence-corrected chi connectivity index (χ1v) is 10.3. The fourth-order valence-corrected chi connectivity index (χ4v) is 3.64. The summed E-state index contributed by atoms with van der Waals surface area (Å²) in [5, 5.41) is 6.88. The highest BCUT2D eigenvalue weighted by atomic mass is 16.2. The topological polar surface area (TPSA) is 86.9 Å². The van der Waals surface area contributed by atoms with E-state index in [9.17, 15) is 9.59 Å². The molecule has 1 aliphatic carbocycles. The lowest BCUT2D eigenvalue weighted by molar-refractivity contribution is -0.117. The minimum Gasteiger partial charge on any atom is -0.359 e. The van der Waals surface area contributed by atoms with Gasteiger partial charge < -0.3 is 15.6 Å². The van der Waals surface area contributed by atoms with Crippen molar-refractivity contribution in [1.82, 2.24) is 9.97 Å². The predicted octanol–water partition coefficient (Wildman–Crippen LogP) is 5.14. The lowest BCUT2D eigenvalue weighted by atomic mass is 10.1. The Hall–Kier alpha value is -3.93. The fourth-order valence-electron chi connectivity index (χ4n) is 3.64. The first-order valence-electron chi connectivity index (χ1n) is 10.3. The van der Waals surface area contributed by atoms with E-state index in [0.717, 1.165) is 40.4 Å². The molecule has 2 aromatic heterocycles. The van der Waals surface area contributed by atoms with Crippen LogP contribution >= 0.6 is 0 Å². The summed E-state index contributed by atoms with van der Waals surface area (Å²) < 4.78 is 0. The van der Waals surface area contributed by atoms with Crippen LogP contribution in [0.5, 0.6) is 0 Å². The molecule has 0 spiro atoms. The van der Waals surface area contributed by atoms with E-state index >= 15 is 0 Å². The van der Waals surface area contributed by atoms with Crippen LogP contribution in [0.15, 0.2) is 67.0 Å². The molecule has 4 aromatic rings. The molecule has 1 saturated carbocycles. The van der Waals surface area contributed by atoms with Crippen LogP contribution < -0.4 is 10.6 Å². The molecule has 0 radical (unpaired) electrons. The molecule has 154 valence electrons. The Morgan fingerprint density at radius 2 is 1.84 bits per heavy atom. The van der Waals surface area contributed by atoms with Crippen molar-refractivity contribution in [3.8, 4) is 11.1 Å². The summed E-state index contributed by atoms with van der Waals surface area (Å²) in [7, 11) is 0. The standard InChI is InChI=1S/C25H22N4O2/c1-15-5-7-16(8-6-15)24(30)28-21-4-2-3-19-20(14-27-23(19)21)18-11-12-26-22(13-18)29-25(31)17-9-10-17/h2-8,11-14,17,27H,9-10H2,1H3,(H,28,30)(H,26,29,31). The summed E-state index contributed by atoms with van der Waals surface area (Å²) >= 11 is 0. The van der Waals surface area contributed by atoms with Crippen molar-refractivity contribution in [2.75, 3.05) is 10.6 Å². The number of rotatable bonds is 5. The Morgan fingerprint density at radius 3 is 2.61 bits per heavy atom. The molecule has 2 aromatic carbocycles. The van der Waals surface area contributed by atoms with Gasteiger partial charge in [0.2, 0.25) is 5.91 Å². The Balaban J connectivity index is 1.43. The van der Waals surface area contributed by atoms with E-state index < -0.39 is 0 Å². The normalized spacial score (nSPS) is 13.2. The maximum atomic E-state index is 12.7. The van der Waals surface area contributed by atoms with Crippen molar-refractivity contribution in [2.24, 2.45) is 5.92 Å². The molecular weight excluding hydrogens is 388 g/mol. The van der Waals surface area contributed by atoms with Crippen molar-refractivity contribution in [1.29, 1.82) is 0 Å². The van der Waals surface area contributed by atoms with Crippen molar-refractivity contribution in [2.45, 2.75) is 19.8 Å². The predicted molar refractivity (Wildman–Crippen MR) is 122 cm³/mol. The number of pyridine rings is 1. The zero-order valence-electron chi connectivity index (χ0n) is 17.1. The van der Waals surface area contributed by atoms with Crippen LogP contribution in [0, 0.1) is 12.8 Å². The van der Waals surface area contributed by atoms with Gasteiger partial charge in [0.25, 0.3) is 5.91 Å². The molecule has 0 aliphatic heterocycles. The number of anilines is 2. The van der Waals surface area contributed by atoms with E-state index in [2.05, 4.69) is 20.6 Å². The highest BCUT2D eigenvalue weighted by molar-refractivity contribution is 6.10. The first-order chi connectivity index (χ1) is 15.1. The minimum absolute atomic E-state index is 0.0321. The van der Waals surface area contributed by atoms with E-state index in [1.54, 1.807) is 6.20 Å². The number of carbonyl (C=O) groups excluding carboxylic acids is 2. The highest BCUT2D eigenvalue weighted by Gasteiger charge is 2.29. The number of fused-ring (bicyclic) bond motifs is 1. The third kappa shape index (κ3) is 3.92. The summed E-state index contributed by atoms with van der Waals surface area (Å²) in [5.41, 5.74) is 5.20. The molecule has 0 bridgehead atoms. The molecule has 6 heteroatoms. The number of aromatic nitrogens is 2. The van der Waals surface area contributed by atoms with E-state index in [-0.39, 0.29) is 17.7 Å². The number of hydrogen-bond acceptors (Lipinski definition) is 3. The van der Waals surface area contributed by atoms with Gasteiger partial charge in [-0.15, -0.1) is 0 Å². The zero-order valence-corrected chi connectivity index (χ0v) is 17.1. The molecule has 2 amide bonds. The summed E-state index contributed by atoms with van der Waals surface area (Å²) in [4.78, 5) is 32.3. The van der Waals surface area contributed by atoms with Gasteiger partial charge in [-0.05, 0) is 55.7 Å². The quantitative estimate of drug-likeness (QED) is 0.426. The fraction of sp³-hybridized carbons (Fsp3) is 0.160. The summed E-state index contributed by atoms with van der Waals surface area (Å²) in [6.45, 7) is 1.99. The highest BCUT2D eigenvalue weighted by Crippen LogP contribution is 2.34. The van der Waals surface area contributed by atoms with Crippen molar-refractivity contribution >= 4 is 34.2 Å². The maximum Gasteiger partial charge on any atom is 0.255 e. The second kappa shape index (κ2) is 7.72. The maximum absolute atomic E-state index is 12.7. The molecule has 0 atom stereocenters. The average Bonchev–Trinajstić information content (AvgIpc) is 3.54. The minimum atomic E-state index is -0.155. The second-order valence-corrected chi connectivity index (χ2v) is 7.94. The molecular formula is C25H22N4O2. The Bertz CT molecular complexity index is 1290. The Labute approximate surface area is 179 Å². The third-order valence-corrected chi connectivity index (χ3v) is 5.55. The van der Waals surface area contributed by atoms with Gasteiger partial charge in [0.1, 0.15) is 5.82 Å². The van der Waals surface area contributed by atoms with Gasteiger partial charge in [-0.3, -0.25) is 9.59 Å². The van der Waals surface area contributed by atoms with E-state index in [4.69, 9.17) is 0 Å². The van der Waals surface area contributed by atoms with E-state index in [1.807, 2.05) is 67.7 Å². The number of hydrogen-bond donors (Lipinski definition) is 3. The molecule has 0 saturated heterocycles.